The van der Waals surface area contributed by atoms with Gasteiger partial charge >= 0.3 is 12.1 Å². The molecule has 2 aliphatic rings. The number of amides is 2. The standard InChI is InChI=1S/C42H53N5O9/c1-8-42(24-41(5,6)25-48)32-22-27(15-16-33(32)43-36(42)31-13-10-9-12-28(31)23-55-7)29-18-26(19-30(21-29)47(53)54)20-35(44-39(52)56-40(2,3)4)37(49)46-17-11-14-34(45-46)38(50)51/h9-10,12-13,15-16,18-19,21-22,34-35,45,48H,8,11,14,17,20,23-25H2,1-7H3,(H,44,52)(H,50,51)/t34-,35?,42?/m0/s1. The van der Waals surface area contributed by atoms with E-state index in [1.807, 2.05) is 56.3 Å². The summed E-state index contributed by atoms with van der Waals surface area (Å²) in [6, 6.07) is 16.1. The van der Waals surface area contributed by atoms with E-state index in [0.29, 0.717) is 49.0 Å². The molecular weight excluding hydrogens is 718 g/mol. The van der Waals surface area contributed by atoms with Gasteiger partial charge in [0.25, 0.3) is 11.6 Å². The molecule has 5 rings (SSSR count). The molecule has 300 valence electrons. The molecule has 1 fully saturated rings. The minimum atomic E-state index is -1.25. The monoisotopic (exact) mass is 771 g/mol. The number of benzene rings is 3. The maximum atomic E-state index is 14.0. The molecule has 2 aliphatic heterocycles. The van der Waals surface area contributed by atoms with E-state index in [4.69, 9.17) is 14.5 Å². The molecule has 0 saturated carbocycles. The fourth-order valence-corrected chi connectivity index (χ4v) is 7.70. The van der Waals surface area contributed by atoms with E-state index in [1.54, 1.807) is 33.9 Å². The molecule has 0 spiro atoms. The maximum Gasteiger partial charge on any atom is 0.408 e. The van der Waals surface area contributed by atoms with Gasteiger partial charge in [0.1, 0.15) is 17.7 Å². The predicted molar refractivity (Wildman–Crippen MR) is 212 cm³/mol. The van der Waals surface area contributed by atoms with Crippen molar-refractivity contribution in [3.05, 3.63) is 93.0 Å². The van der Waals surface area contributed by atoms with Gasteiger partial charge in [0, 0.05) is 49.8 Å². The Kier molecular flexibility index (Phi) is 12.7. The Morgan fingerprint density at radius 3 is 2.46 bits per heavy atom. The topological polar surface area (TPSA) is 193 Å². The number of ether oxygens (including phenoxy) is 2. The van der Waals surface area contributed by atoms with Gasteiger partial charge in [0.05, 0.1) is 22.9 Å². The predicted octanol–water partition coefficient (Wildman–Crippen LogP) is 6.62. The number of non-ortho nitro benzene ring substituents is 1. The van der Waals surface area contributed by atoms with Crippen molar-refractivity contribution in [1.29, 1.82) is 0 Å². The number of nitro groups is 1. The summed E-state index contributed by atoms with van der Waals surface area (Å²) in [4.78, 5) is 55.8. The number of nitrogens with one attached hydrogen (secondary N) is 2. The Bertz CT molecular complexity index is 2010. The van der Waals surface area contributed by atoms with E-state index in [0.717, 1.165) is 28.1 Å². The van der Waals surface area contributed by atoms with Crippen molar-refractivity contribution in [2.75, 3.05) is 20.3 Å². The molecule has 2 amide bonds. The number of aliphatic hydroxyl groups is 1. The summed E-state index contributed by atoms with van der Waals surface area (Å²) in [7, 11) is 1.65. The lowest BCUT2D eigenvalue weighted by molar-refractivity contribution is -0.384. The van der Waals surface area contributed by atoms with Crippen molar-refractivity contribution < 1.29 is 39.0 Å². The molecule has 56 heavy (non-hydrogen) atoms. The average molecular weight is 772 g/mol. The molecular formula is C42H53N5O9. The van der Waals surface area contributed by atoms with Crippen LogP contribution < -0.4 is 10.7 Å². The molecule has 2 heterocycles. The number of aliphatic hydroxyl groups excluding tert-OH is 1. The van der Waals surface area contributed by atoms with Crippen molar-refractivity contribution in [1.82, 2.24) is 15.8 Å². The van der Waals surface area contributed by atoms with E-state index >= 15 is 0 Å². The Hall–Kier alpha value is -5.18. The number of nitro benzene ring substituents is 1. The number of aliphatic imine (C=N–C) groups is 1. The highest BCUT2D eigenvalue weighted by Crippen LogP contribution is 2.52. The lowest BCUT2D eigenvalue weighted by Gasteiger charge is -2.38. The second kappa shape index (κ2) is 16.9. The van der Waals surface area contributed by atoms with Crippen molar-refractivity contribution >= 4 is 35.1 Å². The summed E-state index contributed by atoms with van der Waals surface area (Å²) in [5.41, 5.74) is 6.61. The first-order chi connectivity index (χ1) is 26.4. The summed E-state index contributed by atoms with van der Waals surface area (Å²) in [6.45, 7) is 11.7. The lowest BCUT2D eigenvalue weighted by atomic mass is 9.64. The van der Waals surface area contributed by atoms with Gasteiger partial charge in [-0.25, -0.2) is 10.2 Å². The number of nitrogens with zero attached hydrogens (tertiary/aromatic N) is 3. The Labute approximate surface area is 327 Å². The molecule has 0 aromatic heterocycles. The number of hydrazine groups is 1. The molecule has 14 nitrogen and oxygen atoms in total. The third kappa shape index (κ3) is 9.43. The molecule has 2 unspecified atom stereocenters. The molecule has 4 N–H and O–H groups in total. The van der Waals surface area contributed by atoms with Crippen LogP contribution in [0.25, 0.3) is 11.1 Å². The molecule has 3 aromatic carbocycles. The van der Waals surface area contributed by atoms with Crippen LogP contribution in [0.3, 0.4) is 0 Å². The number of aliphatic carboxylic acids is 1. The average Bonchev–Trinajstić information content (AvgIpc) is 3.46. The van der Waals surface area contributed by atoms with Crippen molar-refractivity contribution in [3.63, 3.8) is 0 Å². The second-order valence-corrected chi connectivity index (χ2v) is 16.4. The number of hydrogen-bond acceptors (Lipinski definition) is 10. The molecule has 1 saturated heterocycles. The van der Waals surface area contributed by atoms with E-state index in [2.05, 4.69) is 17.7 Å². The summed E-state index contributed by atoms with van der Waals surface area (Å²) in [5.74, 6) is -1.72. The van der Waals surface area contributed by atoms with Gasteiger partial charge in [-0.15, -0.1) is 0 Å². The first kappa shape index (κ1) is 42.0. The summed E-state index contributed by atoms with van der Waals surface area (Å²) in [6.07, 6.45) is 0.947. The third-order valence-corrected chi connectivity index (χ3v) is 10.3. The van der Waals surface area contributed by atoms with Gasteiger partial charge in [0.2, 0.25) is 0 Å². The van der Waals surface area contributed by atoms with Crippen LogP contribution >= 0.6 is 0 Å². The highest BCUT2D eigenvalue weighted by atomic mass is 16.6. The number of carboxylic acid groups (broad SMARTS) is 1. The van der Waals surface area contributed by atoms with Crippen LogP contribution in [0.2, 0.25) is 0 Å². The van der Waals surface area contributed by atoms with E-state index in [1.165, 1.54) is 17.1 Å². The highest BCUT2D eigenvalue weighted by Gasteiger charge is 2.46. The number of carbonyl (C=O) groups excluding carboxylic acids is 2. The van der Waals surface area contributed by atoms with E-state index in [9.17, 15) is 34.7 Å². The number of methoxy groups -OCH3 is 1. The first-order valence-corrected chi connectivity index (χ1v) is 18.9. The van der Waals surface area contributed by atoms with Crippen molar-refractivity contribution in [2.45, 2.75) is 103 Å². The number of alkyl carbamates (subject to hydrolysis) is 1. The Balaban J connectivity index is 1.59. The van der Waals surface area contributed by atoms with Gasteiger partial charge in [0.15, 0.2) is 0 Å². The SMILES string of the molecule is CCC1(CC(C)(C)CO)C(c2ccccc2COC)=Nc2ccc(-c3cc(CC(NC(=O)OC(C)(C)C)C(=O)N4CCC[C@@H](C(=O)O)N4)cc([N+](=O)[O-])c3)cc21. The number of hydrogen-bond donors (Lipinski definition) is 4. The summed E-state index contributed by atoms with van der Waals surface area (Å²) in [5, 5.41) is 36.3. The zero-order valence-corrected chi connectivity index (χ0v) is 33.2. The molecule has 3 aromatic rings. The normalized spacial score (nSPS) is 18.8. The van der Waals surface area contributed by atoms with Gasteiger partial charge in [-0.05, 0) is 91.8 Å². The van der Waals surface area contributed by atoms with Crippen LogP contribution in [0, 0.1) is 15.5 Å². The second-order valence-electron chi connectivity index (χ2n) is 16.4. The third-order valence-electron chi connectivity index (χ3n) is 10.3. The molecule has 0 aliphatic carbocycles. The molecule has 0 bridgehead atoms. The number of rotatable bonds is 14. The Morgan fingerprint density at radius 2 is 1.82 bits per heavy atom. The van der Waals surface area contributed by atoms with Gasteiger partial charge in [-0.1, -0.05) is 57.2 Å². The van der Waals surface area contributed by atoms with Crippen LogP contribution in [0.5, 0.6) is 0 Å². The largest absolute Gasteiger partial charge is 0.480 e. The van der Waals surface area contributed by atoms with Crippen LogP contribution in [-0.4, -0.2) is 81.8 Å². The van der Waals surface area contributed by atoms with E-state index in [-0.39, 0.29) is 25.3 Å². The first-order valence-electron chi connectivity index (χ1n) is 18.9. The van der Waals surface area contributed by atoms with Crippen LogP contribution in [-0.2, 0) is 37.5 Å². The maximum absolute atomic E-state index is 14.0. The quantitative estimate of drug-likeness (QED) is 0.102. The fraction of sp³-hybridized carbons (Fsp3) is 0.476. The summed E-state index contributed by atoms with van der Waals surface area (Å²) >= 11 is 0. The molecule has 3 atom stereocenters. The zero-order valence-electron chi connectivity index (χ0n) is 33.2. The van der Waals surface area contributed by atoms with Crippen LogP contribution in [0.4, 0.5) is 16.2 Å². The minimum absolute atomic E-state index is 0.0495. The number of carbonyl (C=O) groups is 3. The van der Waals surface area contributed by atoms with Crippen molar-refractivity contribution in [3.8, 4) is 11.1 Å². The smallest absolute Gasteiger partial charge is 0.408 e. The zero-order chi connectivity index (χ0) is 41.0. The highest BCUT2D eigenvalue weighted by molar-refractivity contribution is 6.14. The van der Waals surface area contributed by atoms with E-state index < -0.39 is 51.4 Å². The van der Waals surface area contributed by atoms with Gasteiger partial charge in [-0.2, -0.15) is 0 Å². The van der Waals surface area contributed by atoms with Crippen LogP contribution in [0.15, 0.2) is 65.7 Å². The van der Waals surface area contributed by atoms with Gasteiger partial charge in [-0.3, -0.25) is 29.7 Å². The fourth-order valence-electron chi connectivity index (χ4n) is 7.70. The Morgan fingerprint density at radius 1 is 1.09 bits per heavy atom. The number of fused-ring (bicyclic) bond motifs is 1. The summed E-state index contributed by atoms with van der Waals surface area (Å²) < 4.78 is 11.0. The van der Waals surface area contributed by atoms with Crippen LogP contribution in [0.1, 0.15) is 89.5 Å². The van der Waals surface area contributed by atoms with Crippen molar-refractivity contribution in [2.24, 2.45) is 10.4 Å². The minimum Gasteiger partial charge on any atom is -0.480 e. The molecule has 14 heteroatoms. The number of carboxylic acids is 1. The lowest BCUT2D eigenvalue weighted by Crippen LogP contribution is -2.60. The van der Waals surface area contributed by atoms with Gasteiger partial charge < -0.3 is 25.0 Å². The molecule has 0 radical (unpaired) electrons.